The molecular weight excluding hydrogens is 699 g/mol. The molecule has 0 N–H and O–H groups in total. The zero-order valence-corrected chi connectivity index (χ0v) is 31.1. The molecule has 0 atom stereocenters. The number of fused-ring (bicyclic) bond motifs is 13. The van der Waals surface area contributed by atoms with E-state index in [2.05, 4.69) is 193 Å². The highest BCUT2D eigenvalue weighted by Crippen LogP contribution is 2.62. The molecule has 0 saturated carbocycles. The predicted molar refractivity (Wildman–Crippen MR) is 233 cm³/mol. The van der Waals surface area contributed by atoms with Gasteiger partial charge in [-0.2, -0.15) is 0 Å². The van der Waals surface area contributed by atoms with Gasteiger partial charge in [-0.3, -0.25) is 0 Å². The fourth-order valence-electron chi connectivity index (χ4n) is 9.57. The summed E-state index contributed by atoms with van der Waals surface area (Å²) in [6, 6.07) is 73.2. The van der Waals surface area contributed by atoms with Crippen LogP contribution >= 0.6 is 11.8 Å². The van der Waals surface area contributed by atoms with Gasteiger partial charge < -0.3 is 9.32 Å². The largest absolute Gasteiger partial charge is 0.455 e. The van der Waals surface area contributed by atoms with Crippen LogP contribution in [0.15, 0.2) is 214 Å². The fraction of sp³-hybridized carbons (Fsp3) is 0.0189. The maximum absolute atomic E-state index is 6.43. The second-order valence-corrected chi connectivity index (χ2v) is 15.9. The minimum absolute atomic E-state index is 0.411. The quantitative estimate of drug-likeness (QED) is 0.179. The molecule has 2 nitrogen and oxygen atoms in total. The van der Waals surface area contributed by atoms with Gasteiger partial charge in [-0.05, 0) is 98.9 Å². The van der Waals surface area contributed by atoms with Crippen molar-refractivity contribution in [1.82, 2.24) is 0 Å². The van der Waals surface area contributed by atoms with E-state index in [9.17, 15) is 0 Å². The van der Waals surface area contributed by atoms with Crippen LogP contribution in [0.4, 0.5) is 17.1 Å². The summed E-state index contributed by atoms with van der Waals surface area (Å²) in [5.74, 6) is 0. The van der Waals surface area contributed by atoms with E-state index in [0.29, 0.717) is 0 Å². The summed E-state index contributed by atoms with van der Waals surface area (Å²) in [7, 11) is 0. The van der Waals surface area contributed by atoms with Crippen molar-refractivity contribution in [3.63, 3.8) is 0 Å². The van der Waals surface area contributed by atoms with Gasteiger partial charge >= 0.3 is 0 Å². The molecule has 1 aliphatic heterocycles. The lowest BCUT2D eigenvalue weighted by atomic mass is 9.67. The van der Waals surface area contributed by atoms with Crippen LogP contribution in [0.5, 0.6) is 0 Å². The third-order valence-electron chi connectivity index (χ3n) is 11.9. The Hall–Kier alpha value is -6.81. The molecular formula is C53H33NOS. The van der Waals surface area contributed by atoms with Gasteiger partial charge in [-0.15, -0.1) is 0 Å². The highest BCUT2D eigenvalue weighted by atomic mass is 32.2. The zero-order valence-electron chi connectivity index (χ0n) is 30.3. The summed E-state index contributed by atoms with van der Waals surface area (Å²) in [6.45, 7) is 0. The summed E-state index contributed by atoms with van der Waals surface area (Å²) < 4.78 is 6.43. The van der Waals surface area contributed by atoms with Gasteiger partial charge in [0, 0.05) is 42.9 Å². The average Bonchev–Trinajstić information content (AvgIpc) is 3.79. The fourth-order valence-corrected chi connectivity index (χ4v) is 10.8. The molecule has 2 heterocycles. The van der Waals surface area contributed by atoms with Crippen LogP contribution < -0.4 is 4.90 Å². The third kappa shape index (κ3) is 4.40. The summed E-state index contributed by atoms with van der Waals surface area (Å²) in [6.07, 6.45) is 0. The zero-order chi connectivity index (χ0) is 36.8. The van der Waals surface area contributed by atoms with Crippen molar-refractivity contribution < 1.29 is 4.42 Å². The van der Waals surface area contributed by atoms with Crippen LogP contribution in [0.25, 0.3) is 55.0 Å². The Morgan fingerprint density at radius 1 is 0.411 bits per heavy atom. The average molecular weight is 732 g/mol. The Morgan fingerprint density at radius 3 is 1.84 bits per heavy atom. The monoisotopic (exact) mass is 731 g/mol. The Morgan fingerprint density at radius 2 is 1.04 bits per heavy atom. The Kier molecular flexibility index (Phi) is 6.81. The van der Waals surface area contributed by atoms with Gasteiger partial charge in [0.1, 0.15) is 11.2 Å². The summed E-state index contributed by atoms with van der Waals surface area (Å²) >= 11 is 1.89. The molecule has 12 rings (SSSR count). The molecule has 56 heavy (non-hydrogen) atoms. The first-order valence-corrected chi connectivity index (χ1v) is 20.0. The third-order valence-corrected chi connectivity index (χ3v) is 13.1. The maximum Gasteiger partial charge on any atom is 0.143 e. The van der Waals surface area contributed by atoms with Crippen molar-refractivity contribution in [2.45, 2.75) is 15.2 Å². The van der Waals surface area contributed by atoms with E-state index < -0.39 is 5.41 Å². The molecule has 0 bridgehead atoms. The van der Waals surface area contributed by atoms with Gasteiger partial charge in [0.2, 0.25) is 0 Å². The van der Waals surface area contributed by atoms with E-state index in [1.165, 1.54) is 53.9 Å². The van der Waals surface area contributed by atoms with Gasteiger partial charge in [0.25, 0.3) is 0 Å². The molecule has 3 heteroatoms. The summed E-state index contributed by atoms with van der Waals surface area (Å²) in [5, 5.41) is 4.71. The Balaban J connectivity index is 1.05. The molecule has 0 amide bonds. The highest BCUT2D eigenvalue weighted by molar-refractivity contribution is 7.99. The lowest BCUT2D eigenvalue weighted by Gasteiger charge is -2.40. The molecule has 262 valence electrons. The van der Waals surface area contributed by atoms with E-state index in [-0.39, 0.29) is 0 Å². The van der Waals surface area contributed by atoms with Crippen molar-refractivity contribution in [3.8, 4) is 22.3 Å². The van der Waals surface area contributed by atoms with Gasteiger partial charge in [0.05, 0.1) is 11.1 Å². The van der Waals surface area contributed by atoms with E-state index in [4.69, 9.17) is 4.42 Å². The number of hydrogen-bond donors (Lipinski definition) is 0. The number of hydrogen-bond acceptors (Lipinski definition) is 3. The van der Waals surface area contributed by atoms with Crippen LogP contribution in [-0.4, -0.2) is 0 Å². The van der Waals surface area contributed by atoms with E-state index in [0.717, 1.165) is 50.1 Å². The number of para-hydroxylation sites is 3. The topological polar surface area (TPSA) is 16.4 Å². The standard InChI is InChI=1S/C53H33NOS/c1-2-15-36(16-3-1)54(37-30-28-34(29-31-37)38-20-13-21-42-41-19-6-10-26-49(41)55-52(38)42)48-25-12-14-35-32-47-51(33-43(35)48)56-50-27-11-9-24-46(50)53(47)44-22-7-4-17-39(44)40-18-5-8-23-45(40)53/h1-33H. The van der Waals surface area contributed by atoms with E-state index >= 15 is 0 Å². The molecule has 9 aromatic carbocycles. The van der Waals surface area contributed by atoms with Crippen molar-refractivity contribution >= 4 is 61.5 Å². The second-order valence-electron chi connectivity index (χ2n) is 14.8. The van der Waals surface area contributed by atoms with Crippen molar-refractivity contribution in [3.05, 3.63) is 222 Å². The number of nitrogens with zero attached hydrogens (tertiary/aromatic N) is 1. The smallest absolute Gasteiger partial charge is 0.143 e. The first kappa shape index (κ1) is 31.5. The molecule has 1 spiro atoms. The number of anilines is 3. The minimum Gasteiger partial charge on any atom is -0.455 e. The van der Waals surface area contributed by atoms with Crippen LogP contribution in [0.2, 0.25) is 0 Å². The predicted octanol–water partition coefficient (Wildman–Crippen LogP) is 14.7. The summed E-state index contributed by atoms with van der Waals surface area (Å²) in [4.78, 5) is 4.99. The van der Waals surface area contributed by atoms with Crippen LogP contribution in [0, 0.1) is 0 Å². The summed E-state index contributed by atoms with van der Waals surface area (Å²) in [5.41, 5.74) is 15.0. The molecule has 1 aromatic heterocycles. The lowest BCUT2D eigenvalue weighted by molar-refractivity contribution is 0.670. The van der Waals surface area contributed by atoms with Crippen molar-refractivity contribution in [2.24, 2.45) is 0 Å². The first-order valence-electron chi connectivity index (χ1n) is 19.2. The highest BCUT2D eigenvalue weighted by Gasteiger charge is 2.50. The van der Waals surface area contributed by atoms with E-state index in [1.54, 1.807) is 0 Å². The number of furan rings is 1. The SMILES string of the molecule is c1ccc(N(c2ccc(-c3cccc4c3oc3ccccc34)cc2)c2cccc3cc4c(cc23)Sc2ccccc2C42c3ccccc3-c3ccccc32)cc1. The van der Waals surface area contributed by atoms with Gasteiger partial charge in [-0.1, -0.05) is 157 Å². The van der Waals surface area contributed by atoms with E-state index in [1.807, 2.05) is 23.9 Å². The molecule has 2 aliphatic rings. The normalized spacial score (nSPS) is 13.4. The Labute approximate surface area is 329 Å². The Bertz CT molecular complexity index is 3130. The van der Waals surface area contributed by atoms with Crippen molar-refractivity contribution in [1.29, 1.82) is 0 Å². The van der Waals surface area contributed by atoms with Crippen molar-refractivity contribution in [2.75, 3.05) is 4.90 Å². The molecule has 0 unspecified atom stereocenters. The minimum atomic E-state index is -0.411. The molecule has 0 saturated heterocycles. The maximum atomic E-state index is 6.43. The van der Waals surface area contributed by atoms with Crippen LogP contribution in [-0.2, 0) is 5.41 Å². The van der Waals surface area contributed by atoms with Gasteiger partial charge in [-0.25, -0.2) is 0 Å². The van der Waals surface area contributed by atoms with Crippen LogP contribution in [0.1, 0.15) is 22.3 Å². The molecule has 0 fully saturated rings. The van der Waals surface area contributed by atoms with Gasteiger partial charge in [0.15, 0.2) is 0 Å². The molecule has 0 radical (unpaired) electrons. The first-order chi connectivity index (χ1) is 27.8. The number of rotatable bonds is 4. The number of benzene rings is 9. The molecule has 1 aliphatic carbocycles. The van der Waals surface area contributed by atoms with Crippen LogP contribution in [0.3, 0.4) is 0 Å². The molecule has 10 aromatic rings. The second kappa shape index (κ2) is 12.1. The lowest BCUT2D eigenvalue weighted by Crippen LogP contribution is -2.32.